The Morgan fingerprint density at radius 1 is 1.55 bits per heavy atom. The summed E-state index contributed by atoms with van der Waals surface area (Å²) in [7, 11) is 1.69. The molecule has 0 spiro atoms. The molecular formula is C15H21FN2O2. The highest BCUT2D eigenvalue weighted by molar-refractivity contribution is 5.92. The molecule has 1 aliphatic heterocycles. The van der Waals surface area contributed by atoms with Crippen molar-refractivity contribution in [3.05, 3.63) is 29.6 Å². The first-order valence-electron chi connectivity index (χ1n) is 6.89. The molecule has 0 aliphatic carbocycles. The lowest BCUT2D eigenvalue weighted by Crippen LogP contribution is -2.43. The van der Waals surface area contributed by atoms with Gasteiger partial charge in [0.2, 0.25) is 5.91 Å². The van der Waals surface area contributed by atoms with E-state index in [9.17, 15) is 9.18 Å². The molecule has 4 nitrogen and oxygen atoms in total. The van der Waals surface area contributed by atoms with Crippen molar-refractivity contribution in [1.82, 2.24) is 4.90 Å². The van der Waals surface area contributed by atoms with Gasteiger partial charge in [-0.25, -0.2) is 4.39 Å². The molecule has 1 aromatic carbocycles. The summed E-state index contributed by atoms with van der Waals surface area (Å²) in [4.78, 5) is 14.0. The molecule has 0 radical (unpaired) electrons. The molecule has 1 aromatic rings. The lowest BCUT2D eigenvalue weighted by atomic mass is 10.1. The predicted octanol–water partition coefficient (Wildman–Crippen LogP) is 2.18. The number of rotatable bonds is 4. The number of piperidine rings is 1. The Morgan fingerprint density at radius 2 is 2.35 bits per heavy atom. The van der Waals surface area contributed by atoms with Gasteiger partial charge in [0.1, 0.15) is 5.82 Å². The van der Waals surface area contributed by atoms with Crippen LogP contribution in [0.1, 0.15) is 18.4 Å². The molecule has 0 bridgehead atoms. The van der Waals surface area contributed by atoms with Crippen molar-refractivity contribution in [1.29, 1.82) is 0 Å². The highest BCUT2D eigenvalue weighted by atomic mass is 19.1. The van der Waals surface area contributed by atoms with E-state index in [0.717, 1.165) is 31.5 Å². The second kappa shape index (κ2) is 6.81. The van der Waals surface area contributed by atoms with Gasteiger partial charge in [0.15, 0.2) is 0 Å². The number of amides is 1. The maximum atomic E-state index is 13.6. The van der Waals surface area contributed by atoms with Crippen LogP contribution in [0.25, 0.3) is 0 Å². The second-order valence-corrected chi connectivity index (χ2v) is 5.27. The Hall–Kier alpha value is -1.46. The van der Waals surface area contributed by atoms with E-state index in [1.54, 1.807) is 19.2 Å². The van der Waals surface area contributed by atoms with Crippen LogP contribution in [-0.4, -0.2) is 43.7 Å². The number of benzene rings is 1. The largest absolute Gasteiger partial charge is 0.380 e. The summed E-state index contributed by atoms with van der Waals surface area (Å²) in [5, 5.41) is 2.63. The molecule has 1 fully saturated rings. The minimum absolute atomic E-state index is 0.187. The number of hydrogen-bond acceptors (Lipinski definition) is 3. The minimum atomic E-state index is -0.405. The Labute approximate surface area is 118 Å². The summed E-state index contributed by atoms with van der Waals surface area (Å²) in [5.41, 5.74) is 1.16. The number of hydrogen-bond donors (Lipinski definition) is 1. The summed E-state index contributed by atoms with van der Waals surface area (Å²) >= 11 is 0. The number of nitrogens with zero attached hydrogens (tertiary/aromatic N) is 1. The fraction of sp³-hybridized carbons (Fsp3) is 0.533. The quantitative estimate of drug-likeness (QED) is 0.919. The van der Waals surface area contributed by atoms with E-state index in [1.165, 1.54) is 6.07 Å². The SMILES string of the molecule is COC1CCCN(CC(=O)Nc2cc(C)ccc2F)C1. The van der Waals surface area contributed by atoms with Gasteiger partial charge in [-0.15, -0.1) is 0 Å². The van der Waals surface area contributed by atoms with Crippen LogP contribution in [0.4, 0.5) is 10.1 Å². The van der Waals surface area contributed by atoms with Gasteiger partial charge in [-0.05, 0) is 44.0 Å². The Kier molecular flexibility index (Phi) is 5.09. The number of ether oxygens (including phenoxy) is 1. The minimum Gasteiger partial charge on any atom is -0.380 e. The van der Waals surface area contributed by atoms with E-state index < -0.39 is 5.82 Å². The molecule has 20 heavy (non-hydrogen) atoms. The zero-order chi connectivity index (χ0) is 14.5. The number of methoxy groups -OCH3 is 1. The lowest BCUT2D eigenvalue weighted by molar-refractivity contribution is -0.118. The summed E-state index contributed by atoms with van der Waals surface area (Å²) in [5.74, 6) is -0.594. The third-order valence-corrected chi connectivity index (χ3v) is 3.56. The van der Waals surface area contributed by atoms with E-state index in [4.69, 9.17) is 4.74 Å². The molecule has 1 N–H and O–H groups in total. The van der Waals surface area contributed by atoms with Crippen molar-refractivity contribution in [2.24, 2.45) is 0 Å². The molecule has 1 atom stereocenters. The van der Waals surface area contributed by atoms with Crippen LogP contribution < -0.4 is 5.32 Å². The van der Waals surface area contributed by atoms with Gasteiger partial charge in [-0.2, -0.15) is 0 Å². The summed E-state index contributed by atoms with van der Waals surface area (Å²) in [6.45, 7) is 3.76. The van der Waals surface area contributed by atoms with Gasteiger partial charge in [-0.3, -0.25) is 9.69 Å². The van der Waals surface area contributed by atoms with Crippen LogP contribution in [0, 0.1) is 12.7 Å². The topological polar surface area (TPSA) is 41.6 Å². The summed E-state index contributed by atoms with van der Waals surface area (Å²) < 4.78 is 18.9. The van der Waals surface area contributed by atoms with Crippen molar-refractivity contribution >= 4 is 11.6 Å². The van der Waals surface area contributed by atoms with Crippen LogP contribution in [0.15, 0.2) is 18.2 Å². The first-order valence-corrected chi connectivity index (χ1v) is 6.89. The number of likely N-dealkylation sites (tertiary alicyclic amines) is 1. The first-order chi connectivity index (χ1) is 9.58. The first kappa shape index (κ1) is 14.9. The van der Waals surface area contributed by atoms with Gasteiger partial charge < -0.3 is 10.1 Å². The number of carbonyl (C=O) groups is 1. The number of nitrogens with one attached hydrogen (secondary N) is 1. The smallest absolute Gasteiger partial charge is 0.238 e. The molecule has 1 aliphatic rings. The Balaban J connectivity index is 1.90. The van der Waals surface area contributed by atoms with Crippen LogP contribution in [0.3, 0.4) is 0 Å². The zero-order valence-electron chi connectivity index (χ0n) is 12.0. The molecule has 110 valence electrons. The Bertz CT molecular complexity index is 479. The van der Waals surface area contributed by atoms with Crippen LogP contribution in [0.5, 0.6) is 0 Å². The van der Waals surface area contributed by atoms with Gasteiger partial charge in [-0.1, -0.05) is 6.07 Å². The fourth-order valence-corrected chi connectivity index (χ4v) is 2.48. The monoisotopic (exact) mass is 280 g/mol. The van der Waals surface area contributed by atoms with Crippen molar-refractivity contribution in [2.75, 3.05) is 32.1 Å². The van der Waals surface area contributed by atoms with Gasteiger partial charge in [0, 0.05) is 13.7 Å². The van der Waals surface area contributed by atoms with Crippen LogP contribution in [-0.2, 0) is 9.53 Å². The molecule has 1 heterocycles. The molecule has 1 unspecified atom stereocenters. The van der Waals surface area contributed by atoms with E-state index >= 15 is 0 Å². The molecule has 5 heteroatoms. The standard InChI is InChI=1S/C15H21FN2O2/c1-11-5-6-13(16)14(8-11)17-15(19)10-18-7-3-4-12(9-18)20-2/h5-6,8,12H,3-4,7,9-10H2,1-2H3,(H,17,19). The number of halogens is 1. The summed E-state index contributed by atoms with van der Waals surface area (Å²) in [6, 6.07) is 4.69. The molecule has 0 aromatic heterocycles. The van der Waals surface area contributed by atoms with E-state index in [1.807, 2.05) is 11.8 Å². The lowest BCUT2D eigenvalue weighted by Gasteiger charge is -2.31. The number of anilines is 1. The van der Waals surface area contributed by atoms with E-state index in [0.29, 0.717) is 0 Å². The average molecular weight is 280 g/mol. The Morgan fingerprint density at radius 3 is 3.10 bits per heavy atom. The van der Waals surface area contributed by atoms with Crippen molar-refractivity contribution in [2.45, 2.75) is 25.9 Å². The number of aryl methyl sites for hydroxylation is 1. The maximum Gasteiger partial charge on any atom is 0.238 e. The second-order valence-electron chi connectivity index (χ2n) is 5.27. The van der Waals surface area contributed by atoms with E-state index in [-0.39, 0.29) is 24.2 Å². The maximum absolute atomic E-state index is 13.6. The average Bonchev–Trinajstić information content (AvgIpc) is 2.43. The highest BCUT2D eigenvalue weighted by Gasteiger charge is 2.21. The van der Waals surface area contributed by atoms with Crippen molar-refractivity contribution in [3.63, 3.8) is 0 Å². The highest BCUT2D eigenvalue weighted by Crippen LogP contribution is 2.16. The van der Waals surface area contributed by atoms with Gasteiger partial charge in [0.25, 0.3) is 0 Å². The third-order valence-electron chi connectivity index (χ3n) is 3.56. The predicted molar refractivity (Wildman–Crippen MR) is 76.2 cm³/mol. The third kappa shape index (κ3) is 4.02. The zero-order valence-corrected chi connectivity index (χ0v) is 12.0. The molecular weight excluding hydrogens is 259 g/mol. The number of carbonyl (C=O) groups excluding carboxylic acids is 1. The van der Waals surface area contributed by atoms with Crippen LogP contribution >= 0.6 is 0 Å². The van der Waals surface area contributed by atoms with Crippen molar-refractivity contribution in [3.8, 4) is 0 Å². The molecule has 1 amide bonds. The normalized spacial score (nSPS) is 19.9. The molecule has 2 rings (SSSR count). The van der Waals surface area contributed by atoms with Crippen LogP contribution in [0.2, 0.25) is 0 Å². The molecule has 0 saturated carbocycles. The van der Waals surface area contributed by atoms with Gasteiger partial charge >= 0.3 is 0 Å². The summed E-state index contributed by atoms with van der Waals surface area (Å²) in [6.07, 6.45) is 2.23. The molecule has 1 saturated heterocycles. The van der Waals surface area contributed by atoms with E-state index in [2.05, 4.69) is 5.32 Å². The fourth-order valence-electron chi connectivity index (χ4n) is 2.48. The van der Waals surface area contributed by atoms with Crippen molar-refractivity contribution < 1.29 is 13.9 Å². The van der Waals surface area contributed by atoms with Gasteiger partial charge in [0.05, 0.1) is 18.3 Å².